The Morgan fingerprint density at radius 2 is 1.56 bits per heavy atom. The Balaban J connectivity index is 1.76. The molecule has 0 N–H and O–H groups in total. The summed E-state index contributed by atoms with van der Waals surface area (Å²) in [5.74, 6) is -0.329. The lowest BCUT2D eigenvalue weighted by Crippen LogP contribution is -2.50. The van der Waals surface area contributed by atoms with Crippen molar-refractivity contribution in [3.63, 3.8) is 0 Å². The summed E-state index contributed by atoms with van der Waals surface area (Å²) < 4.78 is 13.0. The topological polar surface area (TPSA) is 53.5 Å². The number of aryl methyl sites for hydroxylation is 1. The van der Waals surface area contributed by atoms with Gasteiger partial charge in [0.25, 0.3) is 5.91 Å². The van der Waals surface area contributed by atoms with Crippen LogP contribution in [0.4, 0.5) is 4.39 Å². The third-order valence-electron chi connectivity index (χ3n) is 4.47. The fourth-order valence-corrected chi connectivity index (χ4v) is 2.96. The van der Waals surface area contributed by atoms with Gasteiger partial charge in [0.05, 0.1) is 17.0 Å². The Hall–Kier alpha value is -2.76. The maximum atomic E-state index is 13.0. The number of hydrogen-bond donors (Lipinski definition) is 0. The molecule has 2 heterocycles. The molecule has 0 spiro atoms. The van der Waals surface area contributed by atoms with Crippen molar-refractivity contribution in [3.05, 3.63) is 53.5 Å². The third-order valence-corrected chi connectivity index (χ3v) is 4.47. The molecule has 2 aromatic rings. The summed E-state index contributed by atoms with van der Waals surface area (Å²) in [5, 5.41) is 0. The minimum atomic E-state index is -0.294. The van der Waals surface area contributed by atoms with Crippen LogP contribution in [0.5, 0.6) is 0 Å². The number of carbonyl (C=O) groups excluding carboxylic acids is 2. The molecule has 130 valence electrons. The van der Waals surface area contributed by atoms with Crippen molar-refractivity contribution >= 4 is 11.8 Å². The Morgan fingerprint density at radius 3 is 2.12 bits per heavy atom. The van der Waals surface area contributed by atoms with Crippen LogP contribution in [0.25, 0.3) is 11.3 Å². The van der Waals surface area contributed by atoms with Crippen molar-refractivity contribution in [2.45, 2.75) is 13.8 Å². The molecule has 6 heteroatoms. The number of pyridine rings is 1. The van der Waals surface area contributed by atoms with Crippen molar-refractivity contribution < 1.29 is 14.0 Å². The first-order valence-corrected chi connectivity index (χ1v) is 8.24. The summed E-state index contributed by atoms with van der Waals surface area (Å²) >= 11 is 0. The predicted octanol–water partition coefficient (Wildman–Crippen LogP) is 2.50. The second-order valence-electron chi connectivity index (χ2n) is 6.13. The van der Waals surface area contributed by atoms with E-state index in [1.807, 2.05) is 0 Å². The molecule has 1 aliphatic rings. The zero-order valence-electron chi connectivity index (χ0n) is 14.3. The van der Waals surface area contributed by atoms with Crippen LogP contribution < -0.4 is 0 Å². The van der Waals surface area contributed by atoms with E-state index < -0.39 is 0 Å². The van der Waals surface area contributed by atoms with Gasteiger partial charge in [0.2, 0.25) is 5.91 Å². The number of rotatable bonds is 2. The Morgan fingerprint density at radius 1 is 0.960 bits per heavy atom. The van der Waals surface area contributed by atoms with Crippen LogP contribution in [-0.4, -0.2) is 52.8 Å². The molecule has 0 unspecified atom stereocenters. The fourth-order valence-electron chi connectivity index (χ4n) is 2.96. The van der Waals surface area contributed by atoms with E-state index in [0.717, 1.165) is 5.56 Å². The highest BCUT2D eigenvalue weighted by molar-refractivity contribution is 5.95. The van der Waals surface area contributed by atoms with Crippen molar-refractivity contribution in [2.24, 2.45) is 0 Å². The molecular weight excluding hydrogens is 321 g/mol. The van der Waals surface area contributed by atoms with Gasteiger partial charge in [-0.25, -0.2) is 4.39 Å². The second-order valence-corrected chi connectivity index (χ2v) is 6.13. The monoisotopic (exact) mass is 341 g/mol. The van der Waals surface area contributed by atoms with E-state index in [1.54, 1.807) is 47.9 Å². The van der Waals surface area contributed by atoms with Crippen LogP contribution in [0.15, 0.2) is 36.4 Å². The molecule has 1 fully saturated rings. The Bertz CT molecular complexity index is 797. The number of hydrogen-bond acceptors (Lipinski definition) is 3. The van der Waals surface area contributed by atoms with Crippen molar-refractivity contribution in [1.82, 2.24) is 14.8 Å². The van der Waals surface area contributed by atoms with Gasteiger partial charge in [-0.1, -0.05) is 0 Å². The number of carbonyl (C=O) groups is 2. The molecule has 25 heavy (non-hydrogen) atoms. The largest absolute Gasteiger partial charge is 0.339 e. The molecule has 3 rings (SSSR count). The van der Waals surface area contributed by atoms with Gasteiger partial charge in [0, 0.05) is 38.7 Å². The molecule has 1 aromatic heterocycles. The first kappa shape index (κ1) is 17.1. The summed E-state index contributed by atoms with van der Waals surface area (Å²) in [4.78, 5) is 32.1. The molecule has 1 saturated heterocycles. The highest BCUT2D eigenvalue weighted by Gasteiger charge is 2.24. The molecule has 1 aromatic carbocycles. The van der Waals surface area contributed by atoms with Gasteiger partial charge >= 0.3 is 0 Å². The molecule has 2 amide bonds. The van der Waals surface area contributed by atoms with Crippen molar-refractivity contribution in [2.75, 3.05) is 26.2 Å². The Labute approximate surface area is 146 Å². The normalized spacial score (nSPS) is 14.5. The summed E-state index contributed by atoms with van der Waals surface area (Å²) in [7, 11) is 0. The van der Waals surface area contributed by atoms with Crippen LogP contribution >= 0.6 is 0 Å². The Kier molecular flexibility index (Phi) is 4.79. The first-order valence-electron chi connectivity index (χ1n) is 8.24. The van der Waals surface area contributed by atoms with E-state index in [0.29, 0.717) is 43.1 Å². The lowest BCUT2D eigenvalue weighted by Gasteiger charge is -2.34. The molecular formula is C19H20FN3O2. The lowest BCUT2D eigenvalue weighted by molar-refractivity contribution is -0.130. The standard InChI is InChI=1S/C19H20FN3O2/c1-13-17(19(25)23-11-9-22(10-12-23)14(2)24)7-8-18(21-13)15-3-5-16(20)6-4-15/h3-8H,9-12H2,1-2H3. The average molecular weight is 341 g/mol. The van der Waals surface area contributed by atoms with Crippen LogP contribution in [0.3, 0.4) is 0 Å². The molecule has 0 aliphatic carbocycles. The van der Waals surface area contributed by atoms with E-state index in [9.17, 15) is 14.0 Å². The quantitative estimate of drug-likeness (QED) is 0.843. The SMILES string of the molecule is CC(=O)N1CCN(C(=O)c2ccc(-c3ccc(F)cc3)nc2C)CC1. The maximum Gasteiger partial charge on any atom is 0.255 e. The summed E-state index contributed by atoms with van der Waals surface area (Å²) in [6.45, 7) is 5.50. The van der Waals surface area contributed by atoms with Crippen molar-refractivity contribution in [1.29, 1.82) is 0 Å². The lowest BCUT2D eigenvalue weighted by atomic mass is 10.1. The van der Waals surface area contributed by atoms with Gasteiger partial charge in [-0.05, 0) is 43.3 Å². The van der Waals surface area contributed by atoms with Crippen LogP contribution in [-0.2, 0) is 4.79 Å². The van der Waals surface area contributed by atoms with Gasteiger partial charge in [-0.3, -0.25) is 14.6 Å². The second kappa shape index (κ2) is 7.01. The number of benzene rings is 1. The molecule has 0 saturated carbocycles. The number of aromatic nitrogens is 1. The molecule has 0 radical (unpaired) electrons. The van der Waals surface area contributed by atoms with Gasteiger partial charge < -0.3 is 9.80 Å². The highest BCUT2D eigenvalue weighted by atomic mass is 19.1. The smallest absolute Gasteiger partial charge is 0.255 e. The minimum absolute atomic E-state index is 0.0357. The van der Waals surface area contributed by atoms with E-state index >= 15 is 0 Å². The summed E-state index contributed by atoms with van der Waals surface area (Å²) in [6.07, 6.45) is 0. The van der Waals surface area contributed by atoms with E-state index in [2.05, 4.69) is 4.98 Å². The van der Waals surface area contributed by atoms with Gasteiger partial charge in [0.1, 0.15) is 5.82 Å². The highest BCUT2D eigenvalue weighted by Crippen LogP contribution is 2.20. The molecule has 5 nitrogen and oxygen atoms in total. The van der Waals surface area contributed by atoms with Gasteiger partial charge in [-0.15, -0.1) is 0 Å². The van der Waals surface area contributed by atoms with Crippen molar-refractivity contribution in [3.8, 4) is 11.3 Å². The van der Waals surface area contributed by atoms with Crippen LogP contribution in [0, 0.1) is 12.7 Å². The number of piperazine rings is 1. The van der Waals surface area contributed by atoms with E-state index in [-0.39, 0.29) is 17.6 Å². The first-order chi connectivity index (χ1) is 12.0. The third kappa shape index (κ3) is 3.68. The van der Waals surface area contributed by atoms with Crippen LogP contribution in [0.1, 0.15) is 23.0 Å². The molecule has 0 bridgehead atoms. The zero-order valence-corrected chi connectivity index (χ0v) is 14.3. The summed E-state index contributed by atoms with van der Waals surface area (Å²) in [6, 6.07) is 9.65. The summed E-state index contributed by atoms with van der Waals surface area (Å²) in [5.41, 5.74) is 2.71. The number of halogens is 1. The van der Waals surface area contributed by atoms with Gasteiger partial charge in [0.15, 0.2) is 0 Å². The molecule has 1 aliphatic heterocycles. The fraction of sp³-hybridized carbons (Fsp3) is 0.316. The zero-order chi connectivity index (χ0) is 18.0. The van der Waals surface area contributed by atoms with E-state index in [4.69, 9.17) is 0 Å². The number of nitrogens with zero attached hydrogens (tertiary/aromatic N) is 3. The number of amides is 2. The van der Waals surface area contributed by atoms with Crippen LogP contribution in [0.2, 0.25) is 0 Å². The van der Waals surface area contributed by atoms with E-state index in [1.165, 1.54) is 12.1 Å². The minimum Gasteiger partial charge on any atom is -0.339 e. The average Bonchev–Trinajstić information content (AvgIpc) is 2.62. The molecule has 0 atom stereocenters. The predicted molar refractivity (Wildman–Crippen MR) is 92.5 cm³/mol. The maximum absolute atomic E-state index is 13.0. The van der Waals surface area contributed by atoms with Gasteiger partial charge in [-0.2, -0.15) is 0 Å².